The molecule has 1 saturated heterocycles. The normalized spacial score (nSPS) is 22.3. The molecule has 0 aromatic heterocycles. The van der Waals surface area contributed by atoms with Crippen molar-refractivity contribution in [3.63, 3.8) is 0 Å². The van der Waals surface area contributed by atoms with Crippen LogP contribution in [0.3, 0.4) is 0 Å². The molecule has 1 aromatic rings. The van der Waals surface area contributed by atoms with Crippen LogP contribution in [0.2, 0.25) is 0 Å². The number of benzene rings is 1. The van der Waals surface area contributed by atoms with E-state index in [1.165, 1.54) is 35.0 Å². The van der Waals surface area contributed by atoms with Gasteiger partial charge in [-0.15, -0.1) is 0 Å². The van der Waals surface area contributed by atoms with Crippen LogP contribution in [0.25, 0.3) is 0 Å². The summed E-state index contributed by atoms with van der Waals surface area (Å²) in [5.41, 5.74) is 2.82. The maximum Gasteiger partial charge on any atom is 0.0204 e. The maximum atomic E-state index is 3.54. The van der Waals surface area contributed by atoms with Crippen molar-refractivity contribution in [2.75, 3.05) is 13.1 Å². The maximum absolute atomic E-state index is 3.54. The number of rotatable bonds is 1. The quantitative estimate of drug-likeness (QED) is 0.811. The van der Waals surface area contributed by atoms with Crippen LogP contribution in [-0.4, -0.2) is 13.1 Å². The van der Waals surface area contributed by atoms with Gasteiger partial charge in [0, 0.05) is 11.0 Å². The zero-order valence-electron chi connectivity index (χ0n) is 8.52. The van der Waals surface area contributed by atoms with Crippen molar-refractivity contribution in [2.45, 2.75) is 25.7 Å². The van der Waals surface area contributed by atoms with E-state index in [0.29, 0.717) is 0 Å². The Labute approximate surface area is 94.0 Å². The highest BCUT2D eigenvalue weighted by molar-refractivity contribution is 9.10. The molecule has 1 N–H and O–H groups in total. The van der Waals surface area contributed by atoms with Crippen molar-refractivity contribution in [3.8, 4) is 0 Å². The highest BCUT2D eigenvalue weighted by atomic mass is 79.9. The van der Waals surface area contributed by atoms with Gasteiger partial charge >= 0.3 is 0 Å². The fraction of sp³-hybridized carbons (Fsp3) is 0.500. The van der Waals surface area contributed by atoms with E-state index in [2.05, 4.69) is 46.4 Å². The Morgan fingerprint density at radius 3 is 2.93 bits per heavy atom. The Hall–Kier alpha value is -0.340. The Morgan fingerprint density at radius 1 is 1.43 bits per heavy atom. The summed E-state index contributed by atoms with van der Waals surface area (Å²) in [7, 11) is 0. The van der Waals surface area contributed by atoms with Crippen molar-refractivity contribution in [1.82, 2.24) is 5.32 Å². The number of hydrogen-bond donors (Lipinski definition) is 1. The molecule has 2 rings (SSSR count). The first-order valence-electron chi connectivity index (χ1n) is 5.24. The zero-order chi connectivity index (χ0) is 9.97. The van der Waals surface area contributed by atoms with Gasteiger partial charge in [-0.3, -0.25) is 0 Å². The Kier molecular flexibility index (Phi) is 3.24. The summed E-state index contributed by atoms with van der Waals surface area (Å²) in [5.74, 6) is 0.718. The van der Waals surface area contributed by atoms with Gasteiger partial charge in [-0.25, -0.2) is 0 Å². The number of aryl methyl sites for hydroxylation is 1. The topological polar surface area (TPSA) is 12.0 Å². The molecule has 14 heavy (non-hydrogen) atoms. The van der Waals surface area contributed by atoms with Crippen molar-refractivity contribution >= 4 is 15.9 Å². The van der Waals surface area contributed by atoms with E-state index < -0.39 is 0 Å². The van der Waals surface area contributed by atoms with Crippen molar-refractivity contribution < 1.29 is 0 Å². The molecule has 0 radical (unpaired) electrons. The molecule has 1 aliphatic heterocycles. The molecule has 1 aromatic carbocycles. The molecule has 0 amide bonds. The van der Waals surface area contributed by atoms with Crippen LogP contribution in [0.15, 0.2) is 22.7 Å². The van der Waals surface area contributed by atoms with Gasteiger partial charge < -0.3 is 5.32 Å². The summed E-state index contributed by atoms with van der Waals surface area (Å²) in [6, 6.07) is 6.72. The summed E-state index contributed by atoms with van der Waals surface area (Å²) in [6.45, 7) is 4.48. The third-order valence-electron chi connectivity index (χ3n) is 2.95. The van der Waals surface area contributed by atoms with Gasteiger partial charge in [0.2, 0.25) is 0 Å². The van der Waals surface area contributed by atoms with Gasteiger partial charge in [-0.2, -0.15) is 0 Å². The van der Waals surface area contributed by atoms with Gasteiger partial charge in [-0.05, 0) is 49.4 Å². The van der Waals surface area contributed by atoms with E-state index >= 15 is 0 Å². The summed E-state index contributed by atoms with van der Waals surface area (Å²) >= 11 is 3.54. The first kappa shape index (κ1) is 10.2. The average Bonchev–Trinajstić information content (AvgIpc) is 2.23. The van der Waals surface area contributed by atoms with E-state index in [-0.39, 0.29) is 0 Å². The number of halogens is 1. The summed E-state index contributed by atoms with van der Waals surface area (Å²) in [6.07, 6.45) is 2.63. The fourth-order valence-electron chi connectivity index (χ4n) is 2.06. The molecule has 1 aliphatic rings. The molecule has 1 fully saturated rings. The molecule has 76 valence electrons. The molecular weight excluding hydrogens is 238 g/mol. The van der Waals surface area contributed by atoms with Crippen LogP contribution in [-0.2, 0) is 0 Å². The molecule has 1 heterocycles. The van der Waals surface area contributed by atoms with E-state index in [4.69, 9.17) is 0 Å². The lowest BCUT2D eigenvalue weighted by Gasteiger charge is -2.23. The molecule has 2 heteroatoms. The summed E-state index contributed by atoms with van der Waals surface area (Å²) < 4.78 is 1.21. The SMILES string of the molecule is Cc1cc([C@@H]2CCCNC2)ccc1Br. The standard InChI is InChI=1S/C12H16BrN/c1-9-7-10(4-5-12(9)13)11-3-2-6-14-8-11/h4-5,7,11,14H,2-3,6,8H2,1H3/t11-/m1/s1. The minimum absolute atomic E-state index is 0.718. The molecule has 0 bridgehead atoms. The molecule has 0 spiro atoms. The molecular formula is C12H16BrN. The van der Waals surface area contributed by atoms with Gasteiger partial charge in [0.05, 0.1) is 0 Å². The third kappa shape index (κ3) is 2.18. The minimum Gasteiger partial charge on any atom is -0.316 e. The van der Waals surface area contributed by atoms with Gasteiger partial charge in [0.1, 0.15) is 0 Å². The lowest BCUT2D eigenvalue weighted by Crippen LogP contribution is -2.28. The fourth-order valence-corrected chi connectivity index (χ4v) is 2.30. The Bertz CT molecular complexity index is 316. The van der Waals surface area contributed by atoms with Crippen molar-refractivity contribution in [3.05, 3.63) is 33.8 Å². The monoisotopic (exact) mass is 253 g/mol. The van der Waals surface area contributed by atoms with E-state index in [1.54, 1.807) is 0 Å². The van der Waals surface area contributed by atoms with E-state index in [9.17, 15) is 0 Å². The summed E-state index contributed by atoms with van der Waals surface area (Å²) in [5, 5.41) is 3.46. The molecule has 0 aliphatic carbocycles. The lowest BCUT2D eigenvalue weighted by molar-refractivity contribution is 0.461. The molecule has 0 unspecified atom stereocenters. The second-order valence-corrected chi connectivity index (χ2v) is 4.91. The largest absolute Gasteiger partial charge is 0.316 e. The second-order valence-electron chi connectivity index (χ2n) is 4.05. The van der Waals surface area contributed by atoms with E-state index in [0.717, 1.165) is 12.5 Å². The van der Waals surface area contributed by atoms with E-state index in [1.807, 2.05) is 0 Å². The lowest BCUT2D eigenvalue weighted by atomic mass is 9.91. The van der Waals surface area contributed by atoms with Crippen LogP contribution >= 0.6 is 15.9 Å². The number of piperidine rings is 1. The minimum atomic E-state index is 0.718. The zero-order valence-corrected chi connectivity index (χ0v) is 10.1. The van der Waals surface area contributed by atoms with Crippen molar-refractivity contribution in [1.29, 1.82) is 0 Å². The van der Waals surface area contributed by atoms with Gasteiger partial charge in [-0.1, -0.05) is 28.1 Å². The number of nitrogens with one attached hydrogen (secondary N) is 1. The predicted octanol–water partition coefficient (Wildman–Crippen LogP) is 3.22. The van der Waals surface area contributed by atoms with Crippen LogP contribution in [0, 0.1) is 6.92 Å². The first-order valence-corrected chi connectivity index (χ1v) is 6.03. The second kappa shape index (κ2) is 4.45. The number of hydrogen-bond acceptors (Lipinski definition) is 1. The summed E-state index contributed by atoms with van der Waals surface area (Å²) in [4.78, 5) is 0. The Balaban J connectivity index is 2.18. The van der Waals surface area contributed by atoms with Crippen molar-refractivity contribution in [2.24, 2.45) is 0 Å². The first-order chi connectivity index (χ1) is 6.77. The average molecular weight is 254 g/mol. The van der Waals surface area contributed by atoms with Crippen LogP contribution in [0.5, 0.6) is 0 Å². The van der Waals surface area contributed by atoms with Crippen LogP contribution in [0.4, 0.5) is 0 Å². The van der Waals surface area contributed by atoms with Gasteiger partial charge in [0.25, 0.3) is 0 Å². The highest BCUT2D eigenvalue weighted by Crippen LogP contribution is 2.26. The predicted molar refractivity (Wildman–Crippen MR) is 63.7 cm³/mol. The smallest absolute Gasteiger partial charge is 0.0204 e. The van der Waals surface area contributed by atoms with Crippen LogP contribution < -0.4 is 5.32 Å². The van der Waals surface area contributed by atoms with Gasteiger partial charge in [0.15, 0.2) is 0 Å². The van der Waals surface area contributed by atoms with Crippen LogP contribution in [0.1, 0.15) is 29.9 Å². The molecule has 1 atom stereocenters. The Morgan fingerprint density at radius 2 is 2.29 bits per heavy atom. The molecule has 1 nitrogen and oxygen atoms in total. The third-order valence-corrected chi connectivity index (χ3v) is 3.84. The highest BCUT2D eigenvalue weighted by Gasteiger charge is 2.15. The molecule has 0 saturated carbocycles.